The van der Waals surface area contributed by atoms with E-state index in [9.17, 15) is 9.59 Å². The molecule has 1 heterocycles. The summed E-state index contributed by atoms with van der Waals surface area (Å²) in [4.78, 5) is 27.9. The van der Waals surface area contributed by atoms with Crippen molar-refractivity contribution in [1.29, 1.82) is 0 Å². The Morgan fingerprint density at radius 1 is 0.885 bits per heavy atom. The highest BCUT2D eigenvalue weighted by molar-refractivity contribution is 5.88. The quantitative estimate of drug-likeness (QED) is 0.901. The van der Waals surface area contributed by atoms with Gasteiger partial charge in [-0.25, -0.2) is 0 Å². The molecule has 1 fully saturated rings. The highest BCUT2D eigenvalue weighted by Crippen LogP contribution is 2.13. The summed E-state index contributed by atoms with van der Waals surface area (Å²) in [7, 11) is 0. The molecule has 0 saturated carbocycles. The molecule has 2 aromatic carbocycles. The van der Waals surface area contributed by atoms with Gasteiger partial charge in [0, 0.05) is 45.3 Å². The largest absolute Gasteiger partial charge is 0.340 e. The van der Waals surface area contributed by atoms with E-state index in [1.165, 1.54) is 12.5 Å². The summed E-state index contributed by atoms with van der Waals surface area (Å²) >= 11 is 0. The van der Waals surface area contributed by atoms with E-state index in [0.29, 0.717) is 6.42 Å². The van der Waals surface area contributed by atoms with Gasteiger partial charge in [-0.05, 0) is 23.3 Å². The minimum Gasteiger partial charge on any atom is -0.340 e. The van der Waals surface area contributed by atoms with Gasteiger partial charge in [-0.3, -0.25) is 14.5 Å². The molecule has 2 amide bonds. The van der Waals surface area contributed by atoms with Crippen molar-refractivity contribution in [3.05, 3.63) is 65.7 Å². The van der Waals surface area contributed by atoms with Gasteiger partial charge in [0.15, 0.2) is 0 Å². The first-order chi connectivity index (χ1) is 12.6. The van der Waals surface area contributed by atoms with Gasteiger partial charge in [0.25, 0.3) is 0 Å². The van der Waals surface area contributed by atoms with Gasteiger partial charge in [-0.2, -0.15) is 0 Å². The predicted octanol–water partition coefficient (Wildman–Crippen LogP) is 2.53. The lowest BCUT2D eigenvalue weighted by Crippen LogP contribution is -2.48. The third-order valence-corrected chi connectivity index (χ3v) is 4.60. The Balaban J connectivity index is 1.47. The van der Waals surface area contributed by atoms with Crippen LogP contribution in [0.15, 0.2) is 54.6 Å². The van der Waals surface area contributed by atoms with E-state index in [1.54, 1.807) is 0 Å². The molecule has 0 bridgehead atoms. The number of benzene rings is 2. The molecule has 26 heavy (non-hydrogen) atoms. The fourth-order valence-corrected chi connectivity index (χ4v) is 3.19. The lowest BCUT2D eigenvalue weighted by Gasteiger charge is -2.34. The Labute approximate surface area is 154 Å². The summed E-state index contributed by atoms with van der Waals surface area (Å²) in [6.07, 6.45) is 0.402. The zero-order chi connectivity index (χ0) is 18.4. The van der Waals surface area contributed by atoms with Crippen LogP contribution in [0, 0.1) is 0 Å². The molecule has 5 nitrogen and oxygen atoms in total. The Hall–Kier alpha value is -2.66. The molecule has 1 saturated heterocycles. The molecule has 1 aliphatic heterocycles. The monoisotopic (exact) mass is 351 g/mol. The number of nitrogens with one attached hydrogen (secondary N) is 1. The van der Waals surface area contributed by atoms with Crippen LogP contribution in [0.4, 0.5) is 5.69 Å². The number of carbonyl (C=O) groups is 2. The highest BCUT2D eigenvalue weighted by atomic mass is 16.2. The second kappa shape index (κ2) is 8.63. The maximum absolute atomic E-state index is 12.5. The molecular formula is C21H25N3O2. The summed E-state index contributed by atoms with van der Waals surface area (Å²) in [5.41, 5.74) is 3.03. The summed E-state index contributed by atoms with van der Waals surface area (Å²) in [5.74, 6) is 0.0684. The number of anilines is 1. The molecule has 0 aromatic heterocycles. The lowest BCUT2D eigenvalue weighted by atomic mass is 10.1. The standard InChI is InChI=1S/C21H25N3O2/c1-17(25)22-20-9-7-18(8-10-20)15-21(26)24-13-11-23(12-14-24)16-19-5-3-2-4-6-19/h2-10H,11-16H2,1H3,(H,22,25). The van der Waals surface area contributed by atoms with Crippen LogP contribution in [0.2, 0.25) is 0 Å². The topological polar surface area (TPSA) is 52.7 Å². The molecule has 1 N–H and O–H groups in total. The number of rotatable bonds is 5. The van der Waals surface area contributed by atoms with E-state index in [0.717, 1.165) is 44.0 Å². The smallest absolute Gasteiger partial charge is 0.227 e. The van der Waals surface area contributed by atoms with E-state index in [4.69, 9.17) is 0 Å². The minimum absolute atomic E-state index is 0.0952. The van der Waals surface area contributed by atoms with Crippen LogP contribution in [0.25, 0.3) is 0 Å². The minimum atomic E-state index is -0.0952. The predicted molar refractivity (Wildman–Crippen MR) is 103 cm³/mol. The van der Waals surface area contributed by atoms with Crippen molar-refractivity contribution in [2.24, 2.45) is 0 Å². The van der Waals surface area contributed by atoms with Crippen LogP contribution >= 0.6 is 0 Å². The zero-order valence-electron chi connectivity index (χ0n) is 15.1. The molecule has 0 aliphatic carbocycles. The van der Waals surface area contributed by atoms with Crippen LogP contribution in [-0.4, -0.2) is 47.8 Å². The van der Waals surface area contributed by atoms with Crippen LogP contribution < -0.4 is 5.32 Å². The number of piperazine rings is 1. The number of nitrogens with zero attached hydrogens (tertiary/aromatic N) is 2. The van der Waals surface area contributed by atoms with Gasteiger partial charge < -0.3 is 10.2 Å². The second-order valence-electron chi connectivity index (χ2n) is 6.70. The average Bonchev–Trinajstić information content (AvgIpc) is 2.64. The van der Waals surface area contributed by atoms with Crippen LogP contribution in [-0.2, 0) is 22.6 Å². The Morgan fingerprint density at radius 3 is 2.15 bits per heavy atom. The first kappa shape index (κ1) is 18.1. The van der Waals surface area contributed by atoms with Crippen LogP contribution in [0.1, 0.15) is 18.1 Å². The van der Waals surface area contributed by atoms with Crippen LogP contribution in [0.3, 0.4) is 0 Å². The van der Waals surface area contributed by atoms with Crippen molar-refractivity contribution in [3.63, 3.8) is 0 Å². The van der Waals surface area contributed by atoms with Gasteiger partial charge in [0.2, 0.25) is 11.8 Å². The fraction of sp³-hybridized carbons (Fsp3) is 0.333. The van der Waals surface area contributed by atoms with Crippen LogP contribution in [0.5, 0.6) is 0 Å². The van der Waals surface area contributed by atoms with E-state index >= 15 is 0 Å². The number of carbonyl (C=O) groups excluding carboxylic acids is 2. The highest BCUT2D eigenvalue weighted by Gasteiger charge is 2.21. The summed E-state index contributed by atoms with van der Waals surface area (Å²) in [6.45, 7) is 5.78. The number of hydrogen-bond donors (Lipinski definition) is 1. The van der Waals surface area contributed by atoms with Gasteiger partial charge >= 0.3 is 0 Å². The third-order valence-electron chi connectivity index (χ3n) is 4.60. The number of hydrogen-bond acceptors (Lipinski definition) is 3. The second-order valence-corrected chi connectivity index (χ2v) is 6.70. The first-order valence-corrected chi connectivity index (χ1v) is 9.01. The SMILES string of the molecule is CC(=O)Nc1ccc(CC(=O)N2CCN(Cc3ccccc3)CC2)cc1. The van der Waals surface area contributed by atoms with Crippen molar-refractivity contribution in [1.82, 2.24) is 9.80 Å². The maximum Gasteiger partial charge on any atom is 0.227 e. The molecule has 1 aliphatic rings. The van der Waals surface area contributed by atoms with Crippen molar-refractivity contribution >= 4 is 17.5 Å². The Kier molecular flexibility index (Phi) is 6.02. The fourth-order valence-electron chi connectivity index (χ4n) is 3.19. The normalized spacial score (nSPS) is 14.9. The molecule has 136 valence electrons. The first-order valence-electron chi connectivity index (χ1n) is 9.01. The molecule has 5 heteroatoms. The van der Waals surface area contributed by atoms with Gasteiger partial charge in [0.1, 0.15) is 0 Å². The van der Waals surface area contributed by atoms with E-state index < -0.39 is 0 Å². The Morgan fingerprint density at radius 2 is 1.54 bits per heavy atom. The molecule has 2 aromatic rings. The van der Waals surface area contributed by atoms with Crippen molar-refractivity contribution in [2.45, 2.75) is 19.9 Å². The molecule has 0 unspecified atom stereocenters. The van der Waals surface area contributed by atoms with Gasteiger partial charge in [0.05, 0.1) is 6.42 Å². The molecule has 0 radical (unpaired) electrons. The lowest BCUT2D eigenvalue weighted by molar-refractivity contribution is -0.132. The molecular weight excluding hydrogens is 326 g/mol. The zero-order valence-corrected chi connectivity index (χ0v) is 15.1. The van der Waals surface area contributed by atoms with Crippen molar-refractivity contribution < 1.29 is 9.59 Å². The van der Waals surface area contributed by atoms with Gasteiger partial charge in [-0.1, -0.05) is 42.5 Å². The maximum atomic E-state index is 12.5. The Bertz CT molecular complexity index is 736. The van der Waals surface area contributed by atoms with E-state index in [2.05, 4.69) is 34.5 Å². The van der Waals surface area contributed by atoms with Crippen molar-refractivity contribution in [3.8, 4) is 0 Å². The third kappa shape index (κ3) is 5.17. The van der Waals surface area contributed by atoms with E-state index in [1.807, 2.05) is 35.2 Å². The average molecular weight is 351 g/mol. The summed E-state index contributed by atoms with van der Waals surface area (Å²) in [5, 5.41) is 2.73. The molecule has 3 rings (SSSR count). The summed E-state index contributed by atoms with van der Waals surface area (Å²) < 4.78 is 0. The van der Waals surface area contributed by atoms with Gasteiger partial charge in [-0.15, -0.1) is 0 Å². The molecule has 0 spiro atoms. The molecule has 0 atom stereocenters. The summed E-state index contributed by atoms with van der Waals surface area (Å²) in [6, 6.07) is 17.9. The number of amides is 2. The van der Waals surface area contributed by atoms with Crippen molar-refractivity contribution in [2.75, 3.05) is 31.5 Å². The van der Waals surface area contributed by atoms with E-state index in [-0.39, 0.29) is 11.8 Å².